The van der Waals surface area contributed by atoms with Gasteiger partial charge in [0.25, 0.3) is 0 Å². The van der Waals surface area contributed by atoms with Gasteiger partial charge in [0.2, 0.25) is 0 Å². The molecular formula is C23H26Cl2O5. The SMILES string of the molecule is CC(=O)COCCCCCOc1ccc(Oc2ccc(OCC=C(Cl)Cl)cc2)cc1. The van der Waals surface area contributed by atoms with Gasteiger partial charge in [-0.15, -0.1) is 0 Å². The van der Waals surface area contributed by atoms with E-state index in [1.54, 1.807) is 6.08 Å². The van der Waals surface area contributed by atoms with Gasteiger partial charge in [-0.3, -0.25) is 4.79 Å². The minimum atomic E-state index is 0.0540. The van der Waals surface area contributed by atoms with E-state index in [1.807, 2.05) is 48.5 Å². The van der Waals surface area contributed by atoms with Crippen molar-refractivity contribution in [3.05, 3.63) is 59.1 Å². The quantitative estimate of drug-likeness (QED) is 0.313. The number of rotatable bonds is 14. The smallest absolute Gasteiger partial charge is 0.155 e. The van der Waals surface area contributed by atoms with Crippen LogP contribution in [0.3, 0.4) is 0 Å². The number of hydrogen-bond donors (Lipinski definition) is 0. The number of carbonyl (C=O) groups excluding carboxylic acids is 1. The molecule has 0 radical (unpaired) electrons. The largest absolute Gasteiger partial charge is 0.494 e. The predicted molar refractivity (Wildman–Crippen MR) is 119 cm³/mol. The van der Waals surface area contributed by atoms with Crippen LogP contribution in [0, 0.1) is 0 Å². The molecule has 0 bridgehead atoms. The van der Waals surface area contributed by atoms with Crippen molar-refractivity contribution in [1.29, 1.82) is 0 Å². The van der Waals surface area contributed by atoms with E-state index >= 15 is 0 Å². The summed E-state index contributed by atoms with van der Waals surface area (Å²) in [7, 11) is 0. The van der Waals surface area contributed by atoms with Gasteiger partial charge in [-0.1, -0.05) is 23.2 Å². The molecule has 0 aliphatic carbocycles. The number of carbonyl (C=O) groups is 1. The van der Waals surface area contributed by atoms with Crippen LogP contribution in [-0.2, 0) is 9.53 Å². The van der Waals surface area contributed by atoms with Gasteiger partial charge in [-0.25, -0.2) is 0 Å². The van der Waals surface area contributed by atoms with Crippen LogP contribution < -0.4 is 14.2 Å². The standard InChI is InChI=1S/C23H26Cl2O5/c1-18(26)17-27-14-3-2-4-15-28-19-5-9-21(10-6-19)30-22-11-7-20(8-12-22)29-16-13-23(24)25/h5-13H,2-4,14-17H2,1H3. The Morgan fingerprint density at radius 1 is 0.800 bits per heavy atom. The number of ketones is 1. The van der Waals surface area contributed by atoms with Crippen LogP contribution in [0.5, 0.6) is 23.0 Å². The van der Waals surface area contributed by atoms with Crippen molar-refractivity contribution in [3.8, 4) is 23.0 Å². The fourth-order valence-corrected chi connectivity index (χ4v) is 2.56. The van der Waals surface area contributed by atoms with E-state index in [9.17, 15) is 4.79 Å². The minimum Gasteiger partial charge on any atom is -0.494 e. The Balaban J connectivity index is 1.65. The molecule has 0 fully saturated rings. The highest BCUT2D eigenvalue weighted by atomic mass is 35.5. The first-order chi connectivity index (χ1) is 14.5. The number of ether oxygens (including phenoxy) is 4. The first-order valence-corrected chi connectivity index (χ1v) is 10.5. The van der Waals surface area contributed by atoms with Crippen LogP contribution >= 0.6 is 23.2 Å². The molecule has 162 valence electrons. The molecule has 2 aromatic carbocycles. The van der Waals surface area contributed by atoms with Crippen molar-refractivity contribution in [2.75, 3.05) is 26.4 Å². The predicted octanol–water partition coefficient (Wildman–Crippen LogP) is 6.33. The van der Waals surface area contributed by atoms with Gasteiger partial charge in [0.1, 0.15) is 40.7 Å². The zero-order valence-electron chi connectivity index (χ0n) is 16.9. The number of Topliss-reactive ketones (excluding diaryl/α,β-unsaturated/α-hetero) is 1. The Hall–Kier alpha value is -2.21. The Labute approximate surface area is 187 Å². The number of hydrogen-bond acceptors (Lipinski definition) is 5. The summed E-state index contributed by atoms with van der Waals surface area (Å²) in [5.41, 5.74) is 0. The first kappa shape index (κ1) is 24.1. The zero-order chi connectivity index (χ0) is 21.6. The van der Waals surface area contributed by atoms with Crippen molar-refractivity contribution in [2.45, 2.75) is 26.2 Å². The molecule has 0 spiro atoms. The fraction of sp³-hybridized carbons (Fsp3) is 0.348. The van der Waals surface area contributed by atoms with Crippen molar-refractivity contribution in [1.82, 2.24) is 0 Å². The Morgan fingerprint density at radius 3 is 1.90 bits per heavy atom. The van der Waals surface area contributed by atoms with Crippen LogP contribution in [0.1, 0.15) is 26.2 Å². The highest BCUT2D eigenvalue weighted by Gasteiger charge is 2.01. The van der Waals surface area contributed by atoms with Crippen LogP contribution in [0.4, 0.5) is 0 Å². The van der Waals surface area contributed by atoms with Gasteiger partial charge in [-0.05, 0) is 80.8 Å². The van der Waals surface area contributed by atoms with Crippen LogP contribution in [-0.4, -0.2) is 32.2 Å². The van der Waals surface area contributed by atoms with Crippen molar-refractivity contribution < 1.29 is 23.7 Å². The summed E-state index contributed by atoms with van der Waals surface area (Å²) in [4.78, 5) is 10.8. The molecule has 5 nitrogen and oxygen atoms in total. The Bertz CT molecular complexity index is 784. The third-order valence-corrected chi connectivity index (χ3v) is 4.19. The molecule has 0 unspecified atom stereocenters. The average molecular weight is 453 g/mol. The molecule has 0 N–H and O–H groups in total. The van der Waals surface area contributed by atoms with Gasteiger partial charge < -0.3 is 18.9 Å². The van der Waals surface area contributed by atoms with E-state index in [2.05, 4.69) is 0 Å². The van der Waals surface area contributed by atoms with Crippen LogP contribution in [0.25, 0.3) is 0 Å². The molecule has 2 rings (SSSR count). The lowest BCUT2D eigenvalue weighted by Crippen LogP contribution is -2.05. The second-order valence-corrected chi connectivity index (χ2v) is 7.52. The lowest BCUT2D eigenvalue weighted by molar-refractivity contribution is -0.121. The average Bonchev–Trinajstić information content (AvgIpc) is 2.72. The van der Waals surface area contributed by atoms with Gasteiger partial charge in [-0.2, -0.15) is 0 Å². The van der Waals surface area contributed by atoms with Gasteiger partial charge >= 0.3 is 0 Å². The lowest BCUT2D eigenvalue weighted by Gasteiger charge is -2.09. The molecule has 30 heavy (non-hydrogen) atoms. The van der Waals surface area contributed by atoms with E-state index in [0.717, 1.165) is 30.8 Å². The van der Waals surface area contributed by atoms with E-state index in [1.165, 1.54) is 6.92 Å². The second-order valence-electron chi connectivity index (χ2n) is 6.51. The maximum atomic E-state index is 10.8. The molecule has 0 atom stereocenters. The van der Waals surface area contributed by atoms with Crippen molar-refractivity contribution >= 4 is 29.0 Å². The van der Waals surface area contributed by atoms with Crippen LogP contribution in [0.15, 0.2) is 59.1 Å². The molecule has 0 saturated heterocycles. The maximum Gasteiger partial charge on any atom is 0.155 e. The first-order valence-electron chi connectivity index (χ1n) is 9.75. The molecule has 0 aliphatic rings. The summed E-state index contributed by atoms with van der Waals surface area (Å²) in [5.74, 6) is 2.97. The summed E-state index contributed by atoms with van der Waals surface area (Å²) in [6.45, 7) is 3.27. The molecule has 0 amide bonds. The molecular weight excluding hydrogens is 427 g/mol. The third kappa shape index (κ3) is 10.5. The van der Waals surface area contributed by atoms with E-state index in [0.29, 0.717) is 31.3 Å². The summed E-state index contributed by atoms with van der Waals surface area (Å²) in [6.07, 6.45) is 4.42. The fourth-order valence-electron chi connectivity index (χ4n) is 2.43. The Kier molecular flexibility index (Phi) is 11.2. The van der Waals surface area contributed by atoms with E-state index < -0.39 is 0 Å². The van der Waals surface area contributed by atoms with Crippen molar-refractivity contribution in [3.63, 3.8) is 0 Å². The topological polar surface area (TPSA) is 54.0 Å². The maximum absolute atomic E-state index is 10.8. The normalized spacial score (nSPS) is 10.4. The molecule has 7 heteroatoms. The van der Waals surface area contributed by atoms with Crippen molar-refractivity contribution in [2.24, 2.45) is 0 Å². The van der Waals surface area contributed by atoms with Gasteiger partial charge in [0.15, 0.2) is 5.78 Å². The summed E-state index contributed by atoms with van der Waals surface area (Å²) < 4.78 is 22.5. The lowest BCUT2D eigenvalue weighted by atomic mass is 10.2. The highest BCUT2D eigenvalue weighted by molar-refractivity contribution is 6.55. The van der Waals surface area contributed by atoms with Gasteiger partial charge in [0, 0.05) is 6.61 Å². The highest BCUT2D eigenvalue weighted by Crippen LogP contribution is 2.26. The third-order valence-electron chi connectivity index (χ3n) is 3.88. The minimum absolute atomic E-state index is 0.0540. The number of halogens is 2. The molecule has 0 saturated carbocycles. The monoisotopic (exact) mass is 452 g/mol. The molecule has 0 aromatic heterocycles. The van der Waals surface area contributed by atoms with E-state index in [-0.39, 0.29) is 16.9 Å². The Morgan fingerprint density at radius 2 is 1.33 bits per heavy atom. The van der Waals surface area contributed by atoms with Gasteiger partial charge in [0.05, 0.1) is 6.61 Å². The summed E-state index contributed by atoms with van der Waals surface area (Å²) in [5, 5.41) is 0. The molecule has 2 aromatic rings. The summed E-state index contributed by atoms with van der Waals surface area (Å²) >= 11 is 11.1. The van der Waals surface area contributed by atoms with Crippen LogP contribution in [0.2, 0.25) is 0 Å². The molecule has 0 heterocycles. The number of benzene rings is 2. The molecule has 0 aliphatic heterocycles. The zero-order valence-corrected chi connectivity index (χ0v) is 18.5. The second kappa shape index (κ2) is 13.9. The number of unbranched alkanes of at least 4 members (excludes halogenated alkanes) is 2. The summed E-state index contributed by atoms with van der Waals surface area (Å²) in [6, 6.07) is 14.8. The van der Waals surface area contributed by atoms with E-state index in [4.69, 9.17) is 42.1 Å².